The Morgan fingerprint density at radius 1 is 0.689 bits per heavy atom. The van der Waals surface area contributed by atoms with E-state index in [2.05, 4.69) is 52.2 Å². The molecule has 0 aromatic carbocycles. The van der Waals surface area contributed by atoms with E-state index < -0.39 is 128 Å². The number of hydrogen-bond donors (Lipinski definition) is 13. The van der Waals surface area contributed by atoms with E-state index >= 15 is 0 Å². The lowest BCUT2D eigenvalue weighted by Gasteiger charge is -2.29. The van der Waals surface area contributed by atoms with E-state index in [0.717, 1.165) is 0 Å². The minimum Gasteiger partial charge on any atom is -0.394 e. The Kier molecular flexibility index (Phi) is 24.5. The van der Waals surface area contributed by atoms with Crippen LogP contribution in [-0.2, 0) is 47.9 Å². The van der Waals surface area contributed by atoms with Gasteiger partial charge in [-0.15, -0.1) is 0 Å². The maximum Gasteiger partial charge on any atom is 0.245 e. The summed E-state index contributed by atoms with van der Waals surface area (Å²) in [6.45, 7) is -2.86. The van der Waals surface area contributed by atoms with Crippen molar-refractivity contribution in [3.63, 3.8) is 0 Å². The van der Waals surface area contributed by atoms with Gasteiger partial charge >= 0.3 is 0 Å². The lowest BCUT2D eigenvalue weighted by atomic mass is 10.1. The van der Waals surface area contributed by atoms with Crippen LogP contribution in [0.3, 0.4) is 0 Å². The highest BCUT2D eigenvalue weighted by Crippen LogP contribution is 2.19. The monoisotopic (exact) mass is 867 g/mol. The molecule has 61 heavy (non-hydrogen) atoms. The molecule has 340 valence electrons. The molecule has 1 saturated heterocycles. The van der Waals surface area contributed by atoms with Crippen molar-refractivity contribution in [2.45, 2.75) is 88.0 Å². The number of nitrogens with two attached hydrogens (primary N) is 5. The number of aliphatic hydroxyl groups is 1. The number of aliphatic imine (C=N–C) groups is 1. The zero-order valence-electron chi connectivity index (χ0n) is 33.6. The van der Waals surface area contributed by atoms with Gasteiger partial charge in [-0.25, -0.2) is 0 Å². The molecule has 0 aromatic rings. The molecule has 28 nitrogen and oxygen atoms in total. The van der Waals surface area contributed by atoms with Crippen molar-refractivity contribution >= 4 is 65.0 Å². The highest BCUT2D eigenvalue weighted by atomic mass is 16.3. The Balaban J connectivity index is 2.70. The van der Waals surface area contributed by atoms with Crippen molar-refractivity contribution < 1.29 is 53.1 Å². The topological polar surface area (TPSA) is 470 Å². The first-order chi connectivity index (χ1) is 28.9. The second kappa shape index (κ2) is 28.6. The third-order valence-corrected chi connectivity index (χ3v) is 8.76. The van der Waals surface area contributed by atoms with Crippen LogP contribution in [0.15, 0.2) is 10.1 Å². The average Bonchev–Trinajstić information content (AvgIpc) is 3.72. The van der Waals surface area contributed by atoms with Crippen LogP contribution in [0.4, 0.5) is 0 Å². The first-order valence-electron chi connectivity index (χ1n) is 19.2. The van der Waals surface area contributed by atoms with Crippen LogP contribution in [0.5, 0.6) is 0 Å². The summed E-state index contributed by atoms with van der Waals surface area (Å²) in [4.78, 5) is 132. The van der Waals surface area contributed by atoms with Gasteiger partial charge < -0.3 is 75.9 Å². The molecule has 0 unspecified atom stereocenters. The fourth-order valence-corrected chi connectivity index (χ4v) is 5.57. The maximum atomic E-state index is 13.5. The summed E-state index contributed by atoms with van der Waals surface area (Å²) in [7, 11) is 0. The largest absolute Gasteiger partial charge is 0.394 e. The fraction of sp³-hybridized carbons (Fsp3) is 0.667. The van der Waals surface area contributed by atoms with Gasteiger partial charge in [-0.05, 0) is 50.5 Å². The zero-order chi connectivity index (χ0) is 45.9. The summed E-state index contributed by atoms with van der Waals surface area (Å²) in [6.07, 6.45) is 1.56. The number of primary amides is 2. The first kappa shape index (κ1) is 52.2. The molecule has 1 aliphatic heterocycles. The number of amides is 10. The summed E-state index contributed by atoms with van der Waals surface area (Å²) in [5.41, 5.74) is 35.5. The maximum absolute atomic E-state index is 13.5. The Morgan fingerprint density at radius 2 is 1.26 bits per heavy atom. The van der Waals surface area contributed by atoms with Gasteiger partial charge in [0.05, 0.1) is 38.8 Å². The Hall–Kier alpha value is -6.80. The van der Waals surface area contributed by atoms with Crippen LogP contribution in [0.1, 0.15) is 57.8 Å². The molecular weight excluding hydrogens is 810 g/mol. The number of guanidine groups is 1. The molecule has 5 atom stereocenters. The minimum atomic E-state index is -1.68. The molecule has 1 rings (SSSR count). The van der Waals surface area contributed by atoms with Crippen LogP contribution in [0, 0.1) is 0 Å². The molecule has 1 fully saturated rings. The molecule has 10 amide bonds. The number of nitrogens with zero attached hydrogens (tertiary/aromatic N) is 5. The predicted molar refractivity (Wildman–Crippen MR) is 213 cm³/mol. The number of carbonyl (C=O) groups is 10. The Morgan fingerprint density at radius 3 is 1.82 bits per heavy atom. The number of unbranched alkanes of at least 4 members (excludes halogenated alkanes) is 1. The number of azide groups is 1. The van der Waals surface area contributed by atoms with Crippen molar-refractivity contribution in [3.05, 3.63) is 10.4 Å². The van der Waals surface area contributed by atoms with Gasteiger partial charge in [0, 0.05) is 31.0 Å². The molecule has 0 saturated carbocycles. The van der Waals surface area contributed by atoms with Crippen molar-refractivity contribution in [3.8, 4) is 0 Å². The fourth-order valence-electron chi connectivity index (χ4n) is 5.57. The zero-order valence-corrected chi connectivity index (χ0v) is 33.6. The Labute approximate surface area is 349 Å². The minimum absolute atomic E-state index is 0.0107. The number of carbonyl (C=O) groups excluding carboxylic acids is 10. The predicted octanol–water partition coefficient (Wildman–Crippen LogP) is -7.50. The lowest BCUT2D eigenvalue weighted by molar-refractivity contribution is -0.141. The molecule has 1 aliphatic rings. The van der Waals surface area contributed by atoms with E-state index in [-0.39, 0.29) is 51.3 Å². The SMILES string of the molecule is [N-]=[N+]=NCCCC[C@H](N)C(=O)NCC(=O)NCC(=O)NCC(=O)NCC(=O)N[C@@H](CO)C(=O)N[C@@H](CCC(N)=O)C(=O)N[C@@H](CCCN=C(N)N)C(=O)N1CCC[C@H]1C(N)=O. The molecule has 0 radical (unpaired) electrons. The third kappa shape index (κ3) is 21.7. The molecule has 0 aliphatic carbocycles. The van der Waals surface area contributed by atoms with Gasteiger partial charge in [0.1, 0.15) is 24.2 Å². The van der Waals surface area contributed by atoms with E-state index in [0.29, 0.717) is 25.7 Å². The summed E-state index contributed by atoms with van der Waals surface area (Å²) < 4.78 is 0. The highest BCUT2D eigenvalue weighted by Gasteiger charge is 2.37. The molecule has 1 heterocycles. The molecule has 0 spiro atoms. The van der Waals surface area contributed by atoms with Crippen molar-refractivity contribution in [1.82, 2.24) is 42.1 Å². The van der Waals surface area contributed by atoms with E-state index in [1.54, 1.807) is 0 Å². The molecule has 0 bridgehead atoms. The van der Waals surface area contributed by atoms with E-state index in [9.17, 15) is 53.1 Å². The quantitative estimate of drug-likeness (QED) is 0.00830. The Bertz CT molecular complexity index is 1650. The second-order valence-corrected chi connectivity index (χ2v) is 13.6. The molecule has 0 aromatic heterocycles. The van der Waals surface area contributed by atoms with Crippen molar-refractivity contribution in [2.24, 2.45) is 38.8 Å². The van der Waals surface area contributed by atoms with Crippen molar-refractivity contribution in [1.29, 1.82) is 0 Å². The summed E-state index contributed by atoms with van der Waals surface area (Å²) >= 11 is 0. The van der Waals surface area contributed by atoms with Crippen molar-refractivity contribution in [2.75, 3.05) is 52.4 Å². The summed E-state index contributed by atoms with van der Waals surface area (Å²) in [5.74, 6) is -8.41. The number of likely N-dealkylation sites (tertiary alicyclic amines) is 1. The summed E-state index contributed by atoms with van der Waals surface area (Å²) in [5, 5.41) is 29.1. The van der Waals surface area contributed by atoms with E-state index in [4.69, 9.17) is 34.2 Å². The molecule has 28 heteroatoms. The standard InChI is InChI=1S/C33H57N17O11/c34-18(5-1-2-11-45-49-39)29(58)44-15-26(55)42-13-24(53)41-14-25(54)43-16-27(56)46-21(17-51)31(60)47-19(8-9-23(35)52)30(59)48-20(6-3-10-40-33(37)38)32(61)50-12-4-7-22(50)28(36)57/h18-22,51H,1-17,34H2,(H2,35,52)(H2,36,57)(H,41,53)(H,42,55)(H,43,54)(H,44,58)(H,46,56)(H,47,60)(H,48,59)(H4,37,38,40)/t18-,19-,20-,21-,22-/m0/s1. The average molecular weight is 868 g/mol. The van der Waals surface area contributed by atoms with Crippen LogP contribution in [0.2, 0.25) is 0 Å². The number of hydrogen-bond acceptors (Lipinski definition) is 14. The smallest absolute Gasteiger partial charge is 0.245 e. The van der Waals surface area contributed by atoms with Crippen LogP contribution < -0.4 is 65.9 Å². The van der Waals surface area contributed by atoms with Crippen LogP contribution in [0.25, 0.3) is 10.4 Å². The van der Waals surface area contributed by atoms with Gasteiger partial charge in [-0.3, -0.25) is 52.9 Å². The number of nitrogens with one attached hydrogen (secondary N) is 7. The van der Waals surface area contributed by atoms with E-state index in [1.807, 2.05) is 0 Å². The van der Waals surface area contributed by atoms with Gasteiger partial charge in [0.15, 0.2) is 5.96 Å². The number of aliphatic hydroxyl groups excluding tert-OH is 1. The van der Waals surface area contributed by atoms with Gasteiger partial charge in [-0.2, -0.15) is 0 Å². The third-order valence-electron chi connectivity index (χ3n) is 8.76. The molecule has 18 N–H and O–H groups in total. The van der Waals surface area contributed by atoms with Crippen LogP contribution >= 0.6 is 0 Å². The normalized spacial score (nSPS) is 14.9. The van der Waals surface area contributed by atoms with Crippen LogP contribution in [-0.4, -0.2) is 158 Å². The lowest BCUT2D eigenvalue weighted by Crippen LogP contribution is -2.59. The van der Waals surface area contributed by atoms with Gasteiger partial charge in [0.2, 0.25) is 59.1 Å². The summed E-state index contributed by atoms with van der Waals surface area (Å²) in [6, 6.07) is -6.26. The van der Waals surface area contributed by atoms with Gasteiger partial charge in [-0.1, -0.05) is 11.5 Å². The first-order valence-corrected chi connectivity index (χ1v) is 19.2. The second-order valence-electron chi connectivity index (χ2n) is 13.6. The van der Waals surface area contributed by atoms with Gasteiger partial charge in [0.25, 0.3) is 0 Å². The van der Waals surface area contributed by atoms with E-state index in [1.165, 1.54) is 4.90 Å². The highest BCUT2D eigenvalue weighted by molar-refractivity contribution is 5.96. The number of rotatable bonds is 29. The molecular formula is C33H57N17O11.